The summed E-state index contributed by atoms with van der Waals surface area (Å²) in [6.45, 7) is 10.3. The van der Waals surface area contributed by atoms with Crippen LogP contribution in [0.5, 0.6) is 5.75 Å². The SMILES string of the molecule is Cc1ccc(CC(C)N)c(OC(C)C)c1C. The van der Waals surface area contributed by atoms with E-state index < -0.39 is 0 Å². The Labute approximate surface area is 98.8 Å². The molecule has 0 spiro atoms. The third kappa shape index (κ3) is 3.24. The Balaban J connectivity index is 3.11. The van der Waals surface area contributed by atoms with Crippen molar-refractivity contribution in [3.63, 3.8) is 0 Å². The van der Waals surface area contributed by atoms with Crippen LogP contribution >= 0.6 is 0 Å². The van der Waals surface area contributed by atoms with Crippen molar-refractivity contribution in [1.82, 2.24) is 0 Å². The zero-order chi connectivity index (χ0) is 12.3. The summed E-state index contributed by atoms with van der Waals surface area (Å²) in [6.07, 6.45) is 1.07. The molecule has 2 heteroatoms. The Morgan fingerprint density at radius 2 is 1.81 bits per heavy atom. The van der Waals surface area contributed by atoms with Crippen molar-refractivity contribution in [2.45, 2.75) is 53.2 Å². The van der Waals surface area contributed by atoms with E-state index in [0.29, 0.717) is 0 Å². The molecule has 0 aliphatic heterocycles. The molecular formula is C14H23NO. The van der Waals surface area contributed by atoms with E-state index in [2.05, 4.69) is 39.8 Å². The molecule has 0 aliphatic rings. The lowest BCUT2D eigenvalue weighted by atomic mass is 10.00. The molecule has 0 saturated heterocycles. The van der Waals surface area contributed by atoms with E-state index in [1.807, 2.05) is 6.92 Å². The maximum atomic E-state index is 5.90. The van der Waals surface area contributed by atoms with Crippen molar-refractivity contribution in [1.29, 1.82) is 0 Å². The van der Waals surface area contributed by atoms with Crippen molar-refractivity contribution < 1.29 is 4.74 Å². The van der Waals surface area contributed by atoms with Crippen LogP contribution in [0.3, 0.4) is 0 Å². The van der Waals surface area contributed by atoms with Gasteiger partial charge in [0.1, 0.15) is 5.75 Å². The Hall–Kier alpha value is -1.02. The number of rotatable bonds is 4. The van der Waals surface area contributed by atoms with Gasteiger partial charge in [-0.3, -0.25) is 0 Å². The maximum absolute atomic E-state index is 5.90. The average Bonchev–Trinajstić information content (AvgIpc) is 2.16. The highest BCUT2D eigenvalue weighted by molar-refractivity contribution is 5.45. The van der Waals surface area contributed by atoms with Gasteiger partial charge < -0.3 is 10.5 Å². The summed E-state index contributed by atoms with van der Waals surface area (Å²) in [6, 6.07) is 4.43. The first-order valence-corrected chi connectivity index (χ1v) is 5.93. The van der Waals surface area contributed by atoms with Gasteiger partial charge in [0.05, 0.1) is 6.10 Å². The molecule has 16 heavy (non-hydrogen) atoms. The number of hydrogen-bond donors (Lipinski definition) is 1. The lowest BCUT2D eigenvalue weighted by Gasteiger charge is -2.19. The van der Waals surface area contributed by atoms with Crippen molar-refractivity contribution >= 4 is 0 Å². The highest BCUT2D eigenvalue weighted by atomic mass is 16.5. The van der Waals surface area contributed by atoms with Crippen LogP contribution in [0.25, 0.3) is 0 Å². The summed E-state index contributed by atoms with van der Waals surface area (Å²) >= 11 is 0. The van der Waals surface area contributed by atoms with Gasteiger partial charge in [0.15, 0.2) is 0 Å². The molecule has 1 aromatic carbocycles. The molecule has 0 saturated carbocycles. The first-order chi connectivity index (χ1) is 7.41. The minimum Gasteiger partial charge on any atom is -0.490 e. The molecule has 0 aromatic heterocycles. The summed E-state index contributed by atoms with van der Waals surface area (Å²) in [4.78, 5) is 0. The maximum Gasteiger partial charge on any atom is 0.126 e. The number of nitrogens with two attached hydrogens (primary N) is 1. The van der Waals surface area contributed by atoms with Crippen molar-refractivity contribution in [2.75, 3.05) is 0 Å². The fraction of sp³-hybridized carbons (Fsp3) is 0.571. The normalized spacial score (nSPS) is 12.9. The largest absolute Gasteiger partial charge is 0.490 e. The topological polar surface area (TPSA) is 35.2 Å². The molecule has 1 atom stereocenters. The molecule has 1 rings (SSSR count). The summed E-state index contributed by atoms with van der Waals surface area (Å²) in [5.41, 5.74) is 9.57. The molecule has 0 aliphatic carbocycles. The molecule has 0 radical (unpaired) electrons. The van der Waals surface area contributed by atoms with Crippen LogP contribution in [0.2, 0.25) is 0 Å². The summed E-state index contributed by atoms with van der Waals surface area (Å²) in [7, 11) is 0. The second-order valence-electron chi connectivity index (χ2n) is 4.84. The Morgan fingerprint density at radius 1 is 1.19 bits per heavy atom. The van der Waals surface area contributed by atoms with E-state index in [1.54, 1.807) is 0 Å². The van der Waals surface area contributed by atoms with Gasteiger partial charge in [-0.05, 0) is 57.7 Å². The molecule has 0 bridgehead atoms. The van der Waals surface area contributed by atoms with Gasteiger partial charge in [-0.25, -0.2) is 0 Å². The highest BCUT2D eigenvalue weighted by Crippen LogP contribution is 2.28. The first kappa shape index (κ1) is 13.0. The molecule has 90 valence electrons. The second-order valence-corrected chi connectivity index (χ2v) is 4.84. The van der Waals surface area contributed by atoms with Gasteiger partial charge >= 0.3 is 0 Å². The van der Waals surface area contributed by atoms with Crippen LogP contribution < -0.4 is 10.5 Å². The Morgan fingerprint density at radius 3 is 2.31 bits per heavy atom. The Kier molecular flexibility index (Phi) is 4.36. The molecular weight excluding hydrogens is 198 g/mol. The number of hydrogen-bond acceptors (Lipinski definition) is 2. The summed E-state index contributed by atoms with van der Waals surface area (Å²) < 4.78 is 5.90. The number of benzene rings is 1. The average molecular weight is 221 g/mol. The van der Waals surface area contributed by atoms with Crippen LogP contribution in [0.1, 0.15) is 37.5 Å². The van der Waals surface area contributed by atoms with Crippen LogP contribution in [0.4, 0.5) is 0 Å². The highest BCUT2D eigenvalue weighted by Gasteiger charge is 2.12. The van der Waals surface area contributed by atoms with Crippen LogP contribution in [-0.4, -0.2) is 12.1 Å². The monoisotopic (exact) mass is 221 g/mol. The molecule has 0 amide bonds. The summed E-state index contributed by atoms with van der Waals surface area (Å²) in [5, 5.41) is 0. The quantitative estimate of drug-likeness (QED) is 0.848. The zero-order valence-electron chi connectivity index (χ0n) is 11.0. The van der Waals surface area contributed by atoms with Gasteiger partial charge in [-0.15, -0.1) is 0 Å². The van der Waals surface area contributed by atoms with Crippen LogP contribution in [-0.2, 0) is 6.42 Å². The van der Waals surface area contributed by atoms with Crippen molar-refractivity contribution in [2.24, 2.45) is 5.73 Å². The molecule has 0 fully saturated rings. The minimum absolute atomic E-state index is 0.164. The predicted octanol–water partition coefficient (Wildman–Crippen LogP) is 2.98. The molecule has 2 N–H and O–H groups in total. The lowest BCUT2D eigenvalue weighted by Crippen LogP contribution is -2.19. The standard InChI is InChI=1S/C14H23NO/c1-9(2)16-14-12(5)10(3)6-7-13(14)8-11(4)15/h6-7,9,11H,8,15H2,1-5H3. The van der Waals surface area contributed by atoms with Gasteiger partial charge in [-0.1, -0.05) is 12.1 Å². The number of ether oxygens (including phenoxy) is 1. The smallest absolute Gasteiger partial charge is 0.126 e. The predicted molar refractivity (Wildman–Crippen MR) is 69.0 cm³/mol. The lowest BCUT2D eigenvalue weighted by molar-refractivity contribution is 0.238. The van der Waals surface area contributed by atoms with E-state index in [9.17, 15) is 0 Å². The molecule has 1 aromatic rings. The third-order valence-electron chi connectivity index (χ3n) is 2.65. The molecule has 2 nitrogen and oxygen atoms in total. The Bertz CT molecular complexity index is 356. The van der Waals surface area contributed by atoms with Gasteiger partial charge in [-0.2, -0.15) is 0 Å². The third-order valence-corrected chi connectivity index (χ3v) is 2.65. The fourth-order valence-corrected chi connectivity index (χ4v) is 1.75. The number of aryl methyl sites for hydroxylation is 1. The van der Waals surface area contributed by atoms with E-state index in [-0.39, 0.29) is 12.1 Å². The van der Waals surface area contributed by atoms with E-state index in [4.69, 9.17) is 10.5 Å². The van der Waals surface area contributed by atoms with Gasteiger partial charge in [0.25, 0.3) is 0 Å². The van der Waals surface area contributed by atoms with Crippen molar-refractivity contribution in [3.8, 4) is 5.75 Å². The van der Waals surface area contributed by atoms with Gasteiger partial charge in [0, 0.05) is 6.04 Å². The molecule has 0 heterocycles. The van der Waals surface area contributed by atoms with Crippen molar-refractivity contribution in [3.05, 3.63) is 28.8 Å². The van der Waals surface area contributed by atoms with E-state index in [1.165, 1.54) is 16.7 Å². The second kappa shape index (κ2) is 5.35. The van der Waals surface area contributed by atoms with Gasteiger partial charge in [0.2, 0.25) is 0 Å². The van der Waals surface area contributed by atoms with Crippen LogP contribution in [0.15, 0.2) is 12.1 Å². The van der Waals surface area contributed by atoms with E-state index >= 15 is 0 Å². The summed E-state index contributed by atoms with van der Waals surface area (Å²) in [5.74, 6) is 1.02. The minimum atomic E-state index is 0.164. The van der Waals surface area contributed by atoms with E-state index in [0.717, 1.165) is 12.2 Å². The fourth-order valence-electron chi connectivity index (χ4n) is 1.75. The molecule has 1 unspecified atom stereocenters. The van der Waals surface area contributed by atoms with Crippen LogP contribution in [0, 0.1) is 13.8 Å². The zero-order valence-corrected chi connectivity index (χ0v) is 11.0. The first-order valence-electron chi connectivity index (χ1n) is 5.93.